The van der Waals surface area contributed by atoms with Crippen LogP contribution in [-0.2, 0) is 0 Å². The topological polar surface area (TPSA) is 0 Å². The Bertz CT molecular complexity index is 272. The van der Waals surface area contributed by atoms with Crippen LogP contribution in [0, 0.1) is 0 Å². The summed E-state index contributed by atoms with van der Waals surface area (Å²) in [7, 11) is 0. The summed E-state index contributed by atoms with van der Waals surface area (Å²) in [6.07, 6.45) is 0. The van der Waals surface area contributed by atoms with Crippen molar-refractivity contribution in [3.05, 3.63) is 55.1 Å². The minimum Gasteiger partial charge on any atom is -0.0985 e. The lowest BCUT2D eigenvalue weighted by Gasteiger charge is -1.96. The van der Waals surface area contributed by atoms with Gasteiger partial charge in [0.1, 0.15) is 0 Å². The third kappa shape index (κ3) is 1.35. The maximum Gasteiger partial charge on any atom is 0.0623 e. The molecule has 0 aliphatic carbocycles. The smallest absolute Gasteiger partial charge is 0.0623 e. The summed E-state index contributed by atoms with van der Waals surface area (Å²) in [6.45, 7) is 7.24. The fraction of sp³-hybridized carbons (Fsp3) is 0. The Hall–Kier alpha value is -1.30. The quantitative estimate of drug-likeness (QED) is 0.541. The number of hydrogen-bond acceptors (Lipinski definition) is 0. The Morgan fingerprint density at radius 3 is 2.50 bits per heavy atom. The van der Waals surface area contributed by atoms with Gasteiger partial charge in [-0.1, -0.05) is 49.5 Å². The molecule has 0 aliphatic heterocycles. The van der Waals surface area contributed by atoms with Gasteiger partial charge in [0, 0.05) is 0 Å². The molecule has 0 N–H and O–H groups in total. The first-order valence-electron chi connectivity index (χ1n) is 3.62. The highest BCUT2D eigenvalue weighted by atomic mass is 13.9. The fourth-order valence-electron chi connectivity index (χ4n) is 0.741. The SMILES string of the molecule is [2H]C(=C)C(=C)c1ccccc1. The summed E-state index contributed by atoms with van der Waals surface area (Å²) in [5.74, 6) is 0. The molecule has 0 bridgehead atoms. The van der Waals surface area contributed by atoms with Crippen molar-refractivity contribution in [2.75, 3.05) is 0 Å². The van der Waals surface area contributed by atoms with Crippen LogP contribution in [0.5, 0.6) is 0 Å². The molecule has 0 saturated carbocycles. The summed E-state index contributed by atoms with van der Waals surface area (Å²) in [5.41, 5.74) is 1.65. The molecule has 0 spiro atoms. The van der Waals surface area contributed by atoms with Crippen LogP contribution in [0.4, 0.5) is 0 Å². The van der Waals surface area contributed by atoms with Crippen LogP contribution in [0.1, 0.15) is 6.93 Å². The first-order valence-corrected chi connectivity index (χ1v) is 3.12. The minimum atomic E-state index is 0.274. The van der Waals surface area contributed by atoms with Crippen molar-refractivity contribution in [2.24, 2.45) is 0 Å². The lowest BCUT2D eigenvalue weighted by Crippen LogP contribution is -1.74. The van der Waals surface area contributed by atoms with Crippen LogP contribution < -0.4 is 0 Å². The molecule has 0 unspecified atom stereocenters. The third-order valence-corrected chi connectivity index (χ3v) is 1.34. The zero-order valence-corrected chi connectivity index (χ0v) is 5.80. The van der Waals surface area contributed by atoms with E-state index in [1.54, 1.807) is 0 Å². The van der Waals surface area contributed by atoms with E-state index in [-0.39, 0.29) is 6.05 Å². The van der Waals surface area contributed by atoms with Crippen molar-refractivity contribution < 1.29 is 1.37 Å². The zero-order chi connectivity index (χ0) is 8.27. The fourth-order valence-corrected chi connectivity index (χ4v) is 0.741. The molecule has 10 heavy (non-hydrogen) atoms. The molecule has 50 valence electrons. The van der Waals surface area contributed by atoms with Gasteiger partial charge in [0.25, 0.3) is 0 Å². The summed E-state index contributed by atoms with van der Waals surface area (Å²) in [5, 5.41) is 0. The zero-order valence-electron chi connectivity index (χ0n) is 6.80. The Balaban J connectivity index is 2.95. The summed E-state index contributed by atoms with van der Waals surface area (Å²) in [6, 6.07) is 9.89. The summed E-state index contributed by atoms with van der Waals surface area (Å²) >= 11 is 0. The van der Waals surface area contributed by atoms with Gasteiger partial charge < -0.3 is 0 Å². The Morgan fingerprint density at radius 2 is 2.00 bits per heavy atom. The number of allylic oxidation sites excluding steroid dienone is 2. The highest BCUT2D eigenvalue weighted by molar-refractivity contribution is 5.71. The van der Waals surface area contributed by atoms with Gasteiger partial charge in [0.15, 0.2) is 0 Å². The second-order valence-corrected chi connectivity index (χ2v) is 2.02. The van der Waals surface area contributed by atoms with E-state index in [0.29, 0.717) is 5.57 Å². The highest BCUT2D eigenvalue weighted by Gasteiger charge is 1.88. The maximum absolute atomic E-state index is 7.23. The molecular weight excluding hydrogens is 120 g/mol. The van der Waals surface area contributed by atoms with E-state index >= 15 is 0 Å². The lowest BCUT2D eigenvalue weighted by molar-refractivity contribution is 1.63. The monoisotopic (exact) mass is 131 g/mol. The van der Waals surface area contributed by atoms with Gasteiger partial charge >= 0.3 is 0 Å². The van der Waals surface area contributed by atoms with E-state index in [1.165, 1.54) is 0 Å². The summed E-state index contributed by atoms with van der Waals surface area (Å²) in [4.78, 5) is 0. The second-order valence-electron chi connectivity index (χ2n) is 2.02. The molecule has 1 aromatic carbocycles. The normalized spacial score (nSPS) is 10.2. The van der Waals surface area contributed by atoms with E-state index in [9.17, 15) is 0 Å². The molecular formula is C10H10. The van der Waals surface area contributed by atoms with E-state index in [2.05, 4.69) is 13.2 Å². The Morgan fingerprint density at radius 1 is 1.40 bits per heavy atom. The van der Waals surface area contributed by atoms with Crippen LogP contribution in [0.15, 0.2) is 49.5 Å². The van der Waals surface area contributed by atoms with Crippen LogP contribution in [0.2, 0.25) is 0 Å². The van der Waals surface area contributed by atoms with E-state index in [0.717, 1.165) is 5.56 Å². The average molecular weight is 131 g/mol. The van der Waals surface area contributed by atoms with Crippen LogP contribution in [0.3, 0.4) is 0 Å². The second kappa shape index (κ2) is 3.02. The molecule has 0 atom stereocenters. The van der Waals surface area contributed by atoms with Crippen molar-refractivity contribution in [1.29, 1.82) is 0 Å². The predicted octanol–water partition coefficient (Wildman–Crippen LogP) is 2.89. The molecule has 0 aliphatic rings. The largest absolute Gasteiger partial charge is 0.0985 e. The van der Waals surface area contributed by atoms with Crippen LogP contribution in [-0.4, -0.2) is 0 Å². The predicted molar refractivity (Wildman–Crippen MR) is 45.7 cm³/mol. The van der Waals surface area contributed by atoms with Crippen molar-refractivity contribution in [3.8, 4) is 0 Å². The van der Waals surface area contributed by atoms with Gasteiger partial charge in [0.2, 0.25) is 0 Å². The van der Waals surface area contributed by atoms with E-state index < -0.39 is 0 Å². The Kier molecular flexibility index (Phi) is 1.66. The van der Waals surface area contributed by atoms with Gasteiger partial charge in [-0.2, -0.15) is 0 Å². The molecule has 0 saturated heterocycles. The number of rotatable bonds is 2. The van der Waals surface area contributed by atoms with Crippen molar-refractivity contribution in [1.82, 2.24) is 0 Å². The highest BCUT2D eigenvalue weighted by Crippen LogP contribution is 2.10. The van der Waals surface area contributed by atoms with Gasteiger partial charge in [-0.15, -0.1) is 0 Å². The van der Waals surface area contributed by atoms with Crippen LogP contribution >= 0.6 is 0 Å². The lowest BCUT2D eigenvalue weighted by atomic mass is 10.1. The van der Waals surface area contributed by atoms with Gasteiger partial charge in [-0.3, -0.25) is 0 Å². The summed E-state index contributed by atoms with van der Waals surface area (Å²) < 4.78 is 7.23. The first kappa shape index (κ1) is 5.48. The van der Waals surface area contributed by atoms with Gasteiger partial charge in [0.05, 0.1) is 1.37 Å². The standard InChI is InChI=1S/C10H10/c1-3-9(2)10-7-5-4-6-8-10/h3-8H,1-2H2/i3D. The van der Waals surface area contributed by atoms with Crippen molar-refractivity contribution >= 4 is 5.57 Å². The van der Waals surface area contributed by atoms with Gasteiger partial charge in [-0.25, -0.2) is 0 Å². The molecule has 0 radical (unpaired) electrons. The molecule has 0 nitrogen and oxygen atoms in total. The van der Waals surface area contributed by atoms with Crippen molar-refractivity contribution in [2.45, 2.75) is 0 Å². The molecule has 1 rings (SSSR count). The number of hydrogen-bond donors (Lipinski definition) is 0. The molecule has 0 aromatic heterocycles. The van der Waals surface area contributed by atoms with E-state index in [4.69, 9.17) is 1.37 Å². The van der Waals surface area contributed by atoms with Crippen LogP contribution in [0.25, 0.3) is 5.57 Å². The number of benzene rings is 1. The molecule has 0 heteroatoms. The third-order valence-electron chi connectivity index (χ3n) is 1.34. The minimum absolute atomic E-state index is 0.274. The molecule has 0 fully saturated rings. The van der Waals surface area contributed by atoms with Crippen molar-refractivity contribution in [3.63, 3.8) is 0 Å². The molecule has 0 amide bonds. The average Bonchev–Trinajstić information content (AvgIpc) is 2.05. The van der Waals surface area contributed by atoms with E-state index in [1.807, 2.05) is 30.3 Å². The molecule has 1 aromatic rings. The molecule has 0 heterocycles. The maximum atomic E-state index is 7.23. The Labute approximate surface area is 62.9 Å². The first-order chi connectivity index (χ1) is 5.22. The van der Waals surface area contributed by atoms with Gasteiger partial charge in [-0.05, 0) is 11.1 Å².